The van der Waals surface area contributed by atoms with Crippen molar-refractivity contribution in [2.75, 3.05) is 5.75 Å². The summed E-state index contributed by atoms with van der Waals surface area (Å²) in [4.78, 5) is 0. The molecule has 68 valence electrons. The smallest absolute Gasteiger partial charge is 0.267 e. The van der Waals surface area contributed by atoms with Crippen molar-refractivity contribution in [3.63, 3.8) is 0 Å². The van der Waals surface area contributed by atoms with Crippen LogP contribution in [0.3, 0.4) is 0 Å². The lowest BCUT2D eigenvalue weighted by atomic mass is 10.2. The fourth-order valence-corrected chi connectivity index (χ4v) is 1.51. The molecule has 0 saturated carbocycles. The van der Waals surface area contributed by atoms with Crippen molar-refractivity contribution in [2.45, 2.75) is 39.7 Å². The first kappa shape index (κ1) is 10.9. The van der Waals surface area contributed by atoms with Gasteiger partial charge in [-0.25, -0.2) is 0 Å². The second kappa shape index (κ2) is 4.72. The fourth-order valence-electron chi connectivity index (χ4n) is 0.773. The Kier molecular flexibility index (Phi) is 4.68. The quantitative estimate of drug-likeness (QED) is 0.603. The van der Waals surface area contributed by atoms with Gasteiger partial charge in [0.05, 0.1) is 11.9 Å². The summed E-state index contributed by atoms with van der Waals surface area (Å²) >= 11 is 0. The molecule has 0 aliphatic rings. The van der Waals surface area contributed by atoms with Gasteiger partial charge in [0.15, 0.2) is 0 Å². The minimum absolute atomic E-state index is 0.0566. The Morgan fingerprint density at radius 1 is 1.36 bits per heavy atom. The highest BCUT2D eigenvalue weighted by molar-refractivity contribution is 7.86. The summed E-state index contributed by atoms with van der Waals surface area (Å²) in [7, 11) is -3.24. The maximum Gasteiger partial charge on any atom is 0.267 e. The normalized spacial score (nSPS) is 14.8. The molecule has 0 heterocycles. The number of rotatable bonds is 5. The molecule has 0 bridgehead atoms. The van der Waals surface area contributed by atoms with Crippen molar-refractivity contribution >= 4 is 10.1 Å². The van der Waals surface area contributed by atoms with Crippen molar-refractivity contribution in [2.24, 2.45) is 0 Å². The Bertz CT molecular complexity index is 184. The standard InChI is InChI=1S/C7H16O3S/c1-4-6-7(3)10-11(8,9)5-2/h7H,4-6H2,1-3H3. The molecule has 0 aliphatic heterocycles. The first-order valence-corrected chi connectivity index (χ1v) is 5.50. The second-order valence-electron chi connectivity index (χ2n) is 2.54. The Labute approximate surface area is 68.9 Å². The van der Waals surface area contributed by atoms with E-state index in [2.05, 4.69) is 0 Å². The third kappa shape index (κ3) is 5.21. The van der Waals surface area contributed by atoms with Crippen LogP contribution in [0.1, 0.15) is 33.6 Å². The molecule has 0 rings (SSSR count). The summed E-state index contributed by atoms with van der Waals surface area (Å²) < 4.78 is 26.5. The minimum Gasteiger partial charge on any atom is -0.267 e. The Morgan fingerprint density at radius 3 is 2.27 bits per heavy atom. The SMILES string of the molecule is CCCC(C)OS(=O)(=O)CC. The Morgan fingerprint density at radius 2 is 1.91 bits per heavy atom. The van der Waals surface area contributed by atoms with Crippen molar-refractivity contribution in [3.8, 4) is 0 Å². The topological polar surface area (TPSA) is 43.4 Å². The molecule has 11 heavy (non-hydrogen) atoms. The molecular formula is C7H16O3S. The summed E-state index contributed by atoms with van der Waals surface area (Å²) in [5.74, 6) is 0.0566. The zero-order chi connectivity index (χ0) is 8.91. The Balaban J connectivity index is 3.84. The van der Waals surface area contributed by atoms with Crippen LogP contribution in [0.2, 0.25) is 0 Å². The van der Waals surface area contributed by atoms with Gasteiger partial charge in [-0.1, -0.05) is 13.3 Å². The summed E-state index contributed by atoms with van der Waals surface area (Å²) in [5.41, 5.74) is 0. The summed E-state index contributed by atoms with van der Waals surface area (Å²) in [5, 5.41) is 0. The van der Waals surface area contributed by atoms with Crippen molar-refractivity contribution < 1.29 is 12.6 Å². The lowest BCUT2D eigenvalue weighted by Crippen LogP contribution is -2.16. The molecule has 0 aliphatic carbocycles. The van der Waals surface area contributed by atoms with Crippen LogP contribution in [-0.4, -0.2) is 20.3 Å². The van der Waals surface area contributed by atoms with Gasteiger partial charge in [-0.3, -0.25) is 4.18 Å². The average Bonchev–Trinajstić information content (AvgIpc) is 1.87. The van der Waals surface area contributed by atoms with Crippen molar-refractivity contribution in [1.82, 2.24) is 0 Å². The fraction of sp³-hybridized carbons (Fsp3) is 1.00. The van der Waals surface area contributed by atoms with Crippen LogP contribution in [0.5, 0.6) is 0 Å². The number of hydrogen-bond donors (Lipinski definition) is 0. The first-order chi connectivity index (χ1) is 5.02. The molecule has 0 spiro atoms. The van der Waals surface area contributed by atoms with Crippen LogP contribution in [0, 0.1) is 0 Å². The van der Waals surface area contributed by atoms with E-state index in [0.29, 0.717) is 0 Å². The summed E-state index contributed by atoms with van der Waals surface area (Å²) in [6, 6.07) is 0. The van der Waals surface area contributed by atoms with Crippen LogP contribution in [0.4, 0.5) is 0 Å². The molecule has 0 radical (unpaired) electrons. The summed E-state index contributed by atoms with van der Waals surface area (Å²) in [6.07, 6.45) is 1.56. The van der Waals surface area contributed by atoms with E-state index in [1.807, 2.05) is 6.92 Å². The molecule has 0 aromatic carbocycles. The van der Waals surface area contributed by atoms with Gasteiger partial charge >= 0.3 is 0 Å². The van der Waals surface area contributed by atoms with Gasteiger partial charge in [-0.2, -0.15) is 8.42 Å². The predicted octanol–water partition coefficient (Wildman–Crippen LogP) is 1.54. The second-order valence-corrected chi connectivity index (χ2v) is 4.43. The molecule has 0 N–H and O–H groups in total. The first-order valence-electron chi connectivity index (χ1n) is 3.92. The van der Waals surface area contributed by atoms with E-state index in [4.69, 9.17) is 4.18 Å². The monoisotopic (exact) mass is 180 g/mol. The molecule has 1 atom stereocenters. The van der Waals surface area contributed by atoms with E-state index in [-0.39, 0.29) is 11.9 Å². The van der Waals surface area contributed by atoms with Crippen LogP contribution < -0.4 is 0 Å². The largest absolute Gasteiger partial charge is 0.267 e. The maximum absolute atomic E-state index is 10.9. The third-order valence-electron chi connectivity index (χ3n) is 1.36. The van der Waals surface area contributed by atoms with Gasteiger partial charge < -0.3 is 0 Å². The van der Waals surface area contributed by atoms with E-state index >= 15 is 0 Å². The van der Waals surface area contributed by atoms with E-state index in [0.717, 1.165) is 12.8 Å². The predicted molar refractivity (Wildman–Crippen MR) is 44.9 cm³/mol. The van der Waals surface area contributed by atoms with Gasteiger partial charge in [-0.15, -0.1) is 0 Å². The zero-order valence-electron chi connectivity index (χ0n) is 7.33. The molecule has 1 unspecified atom stereocenters. The highest BCUT2D eigenvalue weighted by atomic mass is 32.2. The van der Waals surface area contributed by atoms with Gasteiger partial charge in [0.25, 0.3) is 10.1 Å². The highest BCUT2D eigenvalue weighted by Crippen LogP contribution is 2.05. The average molecular weight is 180 g/mol. The lowest BCUT2D eigenvalue weighted by molar-refractivity contribution is 0.218. The van der Waals surface area contributed by atoms with E-state index in [9.17, 15) is 8.42 Å². The highest BCUT2D eigenvalue weighted by Gasteiger charge is 2.11. The van der Waals surface area contributed by atoms with E-state index in [1.165, 1.54) is 0 Å². The molecule has 0 fully saturated rings. The van der Waals surface area contributed by atoms with Crippen molar-refractivity contribution in [1.29, 1.82) is 0 Å². The van der Waals surface area contributed by atoms with Gasteiger partial charge in [0.1, 0.15) is 0 Å². The molecule has 3 nitrogen and oxygen atoms in total. The van der Waals surface area contributed by atoms with Gasteiger partial charge in [-0.05, 0) is 20.3 Å². The van der Waals surface area contributed by atoms with E-state index in [1.54, 1.807) is 13.8 Å². The molecule has 0 amide bonds. The molecular weight excluding hydrogens is 164 g/mol. The van der Waals surface area contributed by atoms with Crippen LogP contribution >= 0.6 is 0 Å². The van der Waals surface area contributed by atoms with Gasteiger partial charge in [0.2, 0.25) is 0 Å². The molecule has 0 saturated heterocycles. The zero-order valence-corrected chi connectivity index (χ0v) is 8.15. The Hall–Kier alpha value is -0.0900. The van der Waals surface area contributed by atoms with Gasteiger partial charge in [0, 0.05) is 0 Å². The molecule has 4 heteroatoms. The van der Waals surface area contributed by atoms with Crippen LogP contribution in [0.15, 0.2) is 0 Å². The van der Waals surface area contributed by atoms with Crippen molar-refractivity contribution in [3.05, 3.63) is 0 Å². The molecule has 0 aromatic heterocycles. The van der Waals surface area contributed by atoms with Crippen LogP contribution in [0.25, 0.3) is 0 Å². The maximum atomic E-state index is 10.9. The number of hydrogen-bond acceptors (Lipinski definition) is 3. The van der Waals surface area contributed by atoms with E-state index < -0.39 is 10.1 Å². The third-order valence-corrected chi connectivity index (χ3v) is 2.69. The minimum atomic E-state index is -3.24. The summed E-state index contributed by atoms with van der Waals surface area (Å²) in [6.45, 7) is 5.35. The lowest BCUT2D eigenvalue weighted by Gasteiger charge is -2.09. The molecule has 0 aromatic rings. The van der Waals surface area contributed by atoms with Crippen LogP contribution in [-0.2, 0) is 14.3 Å².